The van der Waals surface area contributed by atoms with Gasteiger partial charge in [-0.3, -0.25) is 24.0 Å². The molecule has 0 saturated carbocycles. The second-order valence-corrected chi connectivity index (χ2v) is 9.19. The summed E-state index contributed by atoms with van der Waals surface area (Å²) in [5, 5.41) is 2.03. The molecule has 170 valence electrons. The molecule has 0 aromatic rings. The quantitative estimate of drug-likeness (QED) is 0.463. The second-order valence-electron chi connectivity index (χ2n) is 7.85. The van der Waals surface area contributed by atoms with E-state index in [1.165, 1.54) is 20.8 Å². The molecule has 1 aliphatic rings. The Balaban J connectivity index is 3.39. The van der Waals surface area contributed by atoms with Crippen molar-refractivity contribution in [1.82, 2.24) is 5.32 Å². The third-order valence-electron chi connectivity index (χ3n) is 3.96. The van der Waals surface area contributed by atoms with Crippen LogP contribution in [0.25, 0.3) is 0 Å². The molecule has 11 heteroatoms. The van der Waals surface area contributed by atoms with Crippen molar-refractivity contribution in [3.8, 4) is 0 Å². The van der Waals surface area contributed by atoms with E-state index in [0.29, 0.717) is 0 Å². The lowest BCUT2D eigenvalue weighted by atomic mass is 9.93. The zero-order chi connectivity index (χ0) is 23.2. The molecule has 0 bridgehead atoms. The maximum Gasteiger partial charge on any atom is 0.303 e. The third-order valence-corrected chi connectivity index (χ3v) is 5.37. The van der Waals surface area contributed by atoms with Crippen LogP contribution in [0.4, 0.5) is 0 Å². The number of hydrogen-bond acceptors (Lipinski definition) is 10. The van der Waals surface area contributed by atoms with Gasteiger partial charge in [-0.25, -0.2) is 0 Å². The number of thioether (sulfide) groups is 1. The van der Waals surface area contributed by atoms with E-state index in [9.17, 15) is 24.0 Å². The van der Waals surface area contributed by atoms with Crippen LogP contribution >= 0.6 is 11.8 Å². The van der Waals surface area contributed by atoms with Crippen molar-refractivity contribution in [2.75, 3.05) is 6.61 Å². The lowest BCUT2D eigenvalue weighted by Gasteiger charge is -2.44. The van der Waals surface area contributed by atoms with Gasteiger partial charge in [0, 0.05) is 33.1 Å². The van der Waals surface area contributed by atoms with Crippen molar-refractivity contribution in [3.05, 3.63) is 0 Å². The van der Waals surface area contributed by atoms with Crippen molar-refractivity contribution in [2.45, 2.75) is 77.4 Å². The Morgan fingerprint density at radius 3 is 1.73 bits per heavy atom. The van der Waals surface area contributed by atoms with Gasteiger partial charge in [-0.1, -0.05) is 20.8 Å². The smallest absolute Gasteiger partial charge is 0.303 e. The van der Waals surface area contributed by atoms with Gasteiger partial charge in [-0.2, -0.15) is 0 Å². The Labute approximate surface area is 179 Å². The summed E-state index contributed by atoms with van der Waals surface area (Å²) in [5.74, 6) is -2.92. The van der Waals surface area contributed by atoms with E-state index in [4.69, 9.17) is 18.9 Å². The predicted octanol–water partition coefficient (Wildman–Crippen LogP) is 0.948. The molecule has 0 spiro atoms. The summed E-state index contributed by atoms with van der Waals surface area (Å²) in [5.41, 5.74) is -1.77. The van der Waals surface area contributed by atoms with Crippen LogP contribution in [0.3, 0.4) is 0 Å². The maximum absolute atomic E-state index is 12.6. The molecule has 0 radical (unpaired) electrons. The minimum absolute atomic E-state index is 0.187. The lowest BCUT2D eigenvalue weighted by molar-refractivity contribution is -0.175. The zero-order valence-electron chi connectivity index (χ0n) is 18.2. The fourth-order valence-electron chi connectivity index (χ4n) is 2.69. The summed E-state index contributed by atoms with van der Waals surface area (Å²) in [6.45, 7) is 9.63. The summed E-state index contributed by atoms with van der Waals surface area (Å²) in [6.07, 6.45) is -2.24. The van der Waals surface area contributed by atoms with Crippen LogP contribution in [0.1, 0.15) is 48.5 Å². The highest BCUT2D eigenvalue weighted by Crippen LogP contribution is 2.37. The molecule has 1 fully saturated rings. The highest BCUT2D eigenvalue weighted by Gasteiger charge is 2.52. The molecule has 5 atom stereocenters. The molecule has 0 aromatic carbocycles. The van der Waals surface area contributed by atoms with Crippen molar-refractivity contribution >= 4 is 41.5 Å². The van der Waals surface area contributed by atoms with Crippen molar-refractivity contribution in [1.29, 1.82) is 0 Å². The van der Waals surface area contributed by atoms with Gasteiger partial charge in [0.1, 0.15) is 12.6 Å². The minimum Gasteiger partial charge on any atom is -0.465 e. The Morgan fingerprint density at radius 2 is 1.30 bits per heavy atom. The number of esters is 4. The number of hydrogen-bond donors (Lipinski definition) is 1. The van der Waals surface area contributed by atoms with E-state index in [-0.39, 0.29) is 12.5 Å². The number of carbonyl (C=O) groups is 5. The summed E-state index contributed by atoms with van der Waals surface area (Å²) in [4.78, 5) is 59.1. The highest BCUT2D eigenvalue weighted by atomic mass is 32.2. The summed E-state index contributed by atoms with van der Waals surface area (Å²) in [7, 11) is 0. The van der Waals surface area contributed by atoms with Crippen LogP contribution in [0, 0.1) is 5.41 Å². The van der Waals surface area contributed by atoms with Crippen LogP contribution in [0.15, 0.2) is 0 Å². The molecule has 0 aromatic heterocycles. The Bertz CT molecular complexity index is 688. The lowest BCUT2D eigenvalue weighted by Crippen LogP contribution is -2.64. The molecule has 1 N–H and O–H groups in total. The van der Waals surface area contributed by atoms with Crippen LogP contribution in [0.5, 0.6) is 0 Å². The molecule has 1 saturated heterocycles. The van der Waals surface area contributed by atoms with Crippen molar-refractivity contribution in [2.24, 2.45) is 5.41 Å². The van der Waals surface area contributed by atoms with Gasteiger partial charge in [-0.15, -0.1) is 11.8 Å². The number of rotatable bonds is 6. The van der Waals surface area contributed by atoms with E-state index in [1.807, 2.05) is 0 Å². The topological polar surface area (TPSA) is 134 Å². The van der Waals surface area contributed by atoms with Gasteiger partial charge in [0.25, 0.3) is 0 Å². The van der Waals surface area contributed by atoms with Gasteiger partial charge in [0.15, 0.2) is 17.6 Å². The van der Waals surface area contributed by atoms with Crippen LogP contribution in [0.2, 0.25) is 0 Å². The monoisotopic (exact) mass is 447 g/mol. The second kappa shape index (κ2) is 10.6. The fourth-order valence-corrected chi connectivity index (χ4v) is 4.13. The van der Waals surface area contributed by atoms with Crippen LogP contribution in [-0.4, -0.2) is 65.3 Å². The van der Waals surface area contributed by atoms with Gasteiger partial charge >= 0.3 is 23.9 Å². The minimum atomic E-state index is -1.18. The maximum atomic E-state index is 12.6. The van der Waals surface area contributed by atoms with Crippen molar-refractivity contribution < 1.29 is 42.9 Å². The predicted molar refractivity (Wildman–Crippen MR) is 106 cm³/mol. The first kappa shape index (κ1) is 25.7. The van der Waals surface area contributed by atoms with Gasteiger partial charge in [0.05, 0.1) is 5.25 Å². The van der Waals surface area contributed by atoms with E-state index < -0.39 is 58.2 Å². The Hall–Kier alpha value is -2.30. The first-order chi connectivity index (χ1) is 13.7. The first-order valence-electron chi connectivity index (χ1n) is 9.33. The summed E-state index contributed by atoms with van der Waals surface area (Å²) >= 11 is 1.04. The third kappa shape index (κ3) is 7.85. The number of nitrogens with one attached hydrogen (secondary N) is 1. The molecule has 1 aliphatic heterocycles. The summed E-state index contributed by atoms with van der Waals surface area (Å²) in [6, 6.07) is -1.01. The van der Waals surface area contributed by atoms with Gasteiger partial charge in [-0.05, 0) is 0 Å². The fraction of sp³-hybridized carbons (Fsp3) is 0.737. The molecule has 1 amide bonds. The van der Waals surface area contributed by atoms with E-state index in [0.717, 1.165) is 18.7 Å². The molecule has 10 nitrogen and oxygen atoms in total. The molecule has 30 heavy (non-hydrogen) atoms. The standard InChI is InChI=1S/C19H29NO9S/c1-9(21)26-8-13-15(27-10(2)22)16(28-11(3)23)14(17(30-13)29-12(4)24)20-18(25)19(5,6)7/h13-17H,8H2,1-7H3,(H,20,25). The van der Waals surface area contributed by atoms with Gasteiger partial charge < -0.3 is 24.3 Å². The Morgan fingerprint density at radius 1 is 0.800 bits per heavy atom. The molecule has 1 heterocycles. The number of carbonyl (C=O) groups excluding carboxylic acids is 5. The van der Waals surface area contributed by atoms with E-state index >= 15 is 0 Å². The van der Waals surface area contributed by atoms with Gasteiger partial charge in [0.2, 0.25) is 5.91 Å². The molecular weight excluding hydrogens is 418 g/mol. The highest BCUT2D eigenvalue weighted by molar-refractivity contribution is 8.00. The van der Waals surface area contributed by atoms with E-state index in [1.54, 1.807) is 20.8 Å². The normalized spacial score (nSPS) is 26.2. The zero-order valence-corrected chi connectivity index (χ0v) is 19.0. The SMILES string of the molecule is CC(=O)OCC1SC(OC(C)=O)C(NC(=O)C(C)(C)C)C(OC(C)=O)C1OC(C)=O. The molecule has 5 unspecified atom stereocenters. The molecule has 1 rings (SSSR count). The number of amides is 1. The molecule has 0 aliphatic carbocycles. The average molecular weight is 448 g/mol. The van der Waals surface area contributed by atoms with Crippen LogP contribution < -0.4 is 5.32 Å². The van der Waals surface area contributed by atoms with Crippen molar-refractivity contribution in [3.63, 3.8) is 0 Å². The summed E-state index contributed by atoms with van der Waals surface area (Å²) < 4.78 is 21.2. The van der Waals surface area contributed by atoms with Crippen LogP contribution in [-0.2, 0) is 42.9 Å². The first-order valence-corrected chi connectivity index (χ1v) is 10.3. The Kier molecular flexibility index (Phi) is 9.13. The van der Waals surface area contributed by atoms with E-state index in [2.05, 4.69) is 5.32 Å². The number of ether oxygens (including phenoxy) is 4. The largest absolute Gasteiger partial charge is 0.465 e. The average Bonchev–Trinajstić information content (AvgIpc) is 2.56. The molecular formula is C19H29NO9S.